The molecule has 0 amide bonds. The first kappa shape index (κ1) is 22.7. The van der Waals surface area contributed by atoms with Crippen molar-refractivity contribution < 1.29 is 27.5 Å². The zero-order chi connectivity index (χ0) is 24.7. The third-order valence-corrected chi connectivity index (χ3v) is 7.05. The average Bonchev–Trinajstić information content (AvgIpc) is 3.26. The number of sulfonamides is 1. The molecule has 0 atom stereocenters. The summed E-state index contributed by atoms with van der Waals surface area (Å²) < 4.78 is 36.6. The van der Waals surface area contributed by atoms with Crippen molar-refractivity contribution in [3.8, 4) is 22.8 Å². The lowest BCUT2D eigenvalue weighted by Crippen LogP contribution is -2.27. The predicted molar refractivity (Wildman–Crippen MR) is 132 cm³/mol. The molecule has 0 saturated carbocycles. The Balaban J connectivity index is 1.38. The first-order valence-corrected chi connectivity index (χ1v) is 12.7. The van der Waals surface area contributed by atoms with Gasteiger partial charge in [0.15, 0.2) is 17.8 Å². The molecular weight excluding hydrogens is 470 g/mol. The standard InChI is InChI=1S/C26H21NO7S/c1-35(31,32)27-10-9-17-11-18(7-8-20(17)27)23(30)15-33-19-12-21(28)26-22(29)14-24(34-25(26)13-19)16-5-3-2-4-6-16/h2-8,11-14,28H,9-10,15H2,1H3. The average molecular weight is 492 g/mol. The molecule has 0 saturated heterocycles. The van der Waals surface area contributed by atoms with E-state index >= 15 is 0 Å². The van der Waals surface area contributed by atoms with Crippen LogP contribution < -0.4 is 14.5 Å². The molecule has 0 unspecified atom stereocenters. The van der Waals surface area contributed by atoms with Crippen LogP contribution >= 0.6 is 0 Å². The fourth-order valence-electron chi connectivity index (χ4n) is 4.19. The van der Waals surface area contributed by atoms with Gasteiger partial charge in [0, 0.05) is 35.9 Å². The third-order valence-electron chi connectivity index (χ3n) is 5.87. The molecule has 0 radical (unpaired) electrons. The van der Waals surface area contributed by atoms with Crippen LogP contribution in [0.2, 0.25) is 0 Å². The van der Waals surface area contributed by atoms with Crippen LogP contribution in [0.1, 0.15) is 15.9 Å². The third kappa shape index (κ3) is 4.38. The van der Waals surface area contributed by atoms with E-state index in [1.807, 2.05) is 18.2 Å². The van der Waals surface area contributed by atoms with E-state index in [2.05, 4.69) is 0 Å². The number of phenols is 1. The lowest BCUT2D eigenvalue weighted by molar-refractivity contribution is 0.0921. The summed E-state index contributed by atoms with van der Waals surface area (Å²) in [5.74, 6) is -0.112. The van der Waals surface area contributed by atoms with Crippen molar-refractivity contribution >= 4 is 32.5 Å². The Kier molecular flexibility index (Phi) is 5.56. The van der Waals surface area contributed by atoms with Gasteiger partial charge in [-0.2, -0.15) is 0 Å². The second-order valence-electron chi connectivity index (χ2n) is 8.30. The number of carbonyl (C=O) groups is 1. The minimum Gasteiger partial charge on any atom is -0.507 e. The Morgan fingerprint density at radius 3 is 2.60 bits per heavy atom. The lowest BCUT2D eigenvalue weighted by atomic mass is 10.1. The van der Waals surface area contributed by atoms with Gasteiger partial charge in [-0.15, -0.1) is 0 Å². The minimum absolute atomic E-state index is 0.0254. The van der Waals surface area contributed by atoms with Gasteiger partial charge < -0.3 is 14.3 Å². The van der Waals surface area contributed by atoms with E-state index in [9.17, 15) is 23.1 Å². The number of hydrogen-bond donors (Lipinski definition) is 1. The van der Waals surface area contributed by atoms with Gasteiger partial charge in [0.25, 0.3) is 0 Å². The Bertz CT molecular complexity index is 1630. The molecule has 2 heterocycles. The van der Waals surface area contributed by atoms with Gasteiger partial charge in [-0.3, -0.25) is 13.9 Å². The highest BCUT2D eigenvalue weighted by molar-refractivity contribution is 7.92. The smallest absolute Gasteiger partial charge is 0.232 e. The van der Waals surface area contributed by atoms with E-state index in [0.29, 0.717) is 35.5 Å². The minimum atomic E-state index is -3.37. The number of hydrogen-bond acceptors (Lipinski definition) is 7. The molecular formula is C26H21NO7S. The van der Waals surface area contributed by atoms with Crippen LogP contribution in [0.4, 0.5) is 5.69 Å². The van der Waals surface area contributed by atoms with E-state index in [1.165, 1.54) is 22.5 Å². The molecule has 8 nitrogen and oxygen atoms in total. The molecule has 0 fully saturated rings. The van der Waals surface area contributed by atoms with Crippen molar-refractivity contribution in [2.24, 2.45) is 0 Å². The van der Waals surface area contributed by atoms with Crippen molar-refractivity contribution in [3.05, 3.63) is 88.1 Å². The molecule has 0 bridgehead atoms. The number of anilines is 1. The van der Waals surface area contributed by atoms with Gasteiger partial charge in [0.1, 0.15) is 28.2 Å². The Hall–Kier alpha value is -4.11. The number of rotatable bonds is 6. The maximum absolute atomic E-state index is 12.7. The number of aromatic hydroxyl groups is 1. The summed E-state index contributed by atoms with van der Waals surface area (Å²) in [5, 5.41) is 10.4. The number of phenolic OH excluding ortho intramolecular Hbond substituents is 1. The zero-order valence-corrected chi connectivity index (χ0v) is 19.5. The number of benzene rings is 3. The monoisotopic (exact) mass is 491 g/mol. The molecule has 1 aromatic heterocycles. The van der Waals surface area contributed by atoms with Crippen LogP contribution in [0.25, 0.3) is 22.3 Å². The summed E-state index contributed by atoms with van der Waals surface area (Å²) in [6.45, 7) is 0.0248. The molecule has 5 rings (SSSR count). The van der Waals surface area contributed by atoms with Gasteiger partial charge >= 0.3 is 0 Å². The van der Waals surface area contributed by atoms with Crippen LogP contribution in [0.15, 0.2) is 75.9 Å². The number of ether oxygens (including phenoxy) is 1. The van der Waals surface area contributed by atoms with Crippen molar-refractivity contribution in [2.45, 2.75) is 6.42 Å². The van der Waals surface area contributed by atoms with Crippen LogP contribution in [0, 0.1) is 0 Å². The first-order chi connectivity index (χ1) is 16.7. The van der Waals surface area contributed by atoms with E-state index in [4.69, 9.17) is 9.15 Å². The Labute approximate surface area is 201 Å². The number of fused-ring (bicyclic) bond motifs is 2. The number of ketones is 1. The summed E-state index contributed by atoms with van der Waals surface area (Å²) in [4.78, 5) is 25.3. The van der Waals surface area contributed by atoms with Gasteiger partial charge in [0.05, 0.1) is 11.9 Å². The van der Waals surface area contributed by atoms with Gasteiger partial charge in [0.2, 0.25) is 10.0 Å². The van der Waals surface area contributed by atoms with E-state index in [-0.39, 0.29) is 34.9 Å². The number of nitrogens with zero attached hydrogens (tertiary/aromatic N) is 1. The van der Waals surface area contributed by atoms with Gasteiger partial charge in [-0.05, 0) is 30.2 Å². The van der Waals surface area contributed by atoms with Crippen molar-refractivity contribution in [1.29, 1.82) is 0 Å². The topological polar surface area (TPSA) is 114 Å². The zero-order valence-electron chi connectivity index (χ0n) is 18.7. The SMILES string of the molecule is CS(=O)(=O)N1CCc2cc(C(=O)COc3cc(O)c4c(=O)cc(-c5ccccc5)oc4c3)ccc21. The van der Waals surface area contributed by atoms with Crippen LogP contribution in [-0.4, -0.2) is 38.7 Å². The Morgan fingerprint density at radius 2 is 1.86 bits per heavy atom. The molecule has 1 aliphatic rings. The van der Waals surface area contributed by atoms with E-state index in [1.54, 1.807) is 30.3 Å². The van der Waals surface area contributed by atoms with E-state index in [0.717, 1.165) is 11.8 Å². The maximum atomic E-state index is 12.7. The molecule has 1 N–H and O–H groups in total. The lowest BCUT2D eigenvalue weighted by Gasteiger charge is -2.16. The quantitative estimate of drug-likeness (QED) is 0.409. The highest BCUT2D eigenvalue weighted by atomic mass is 32.2. The molecule has 35 heavy (non-hydrogen) atoms. The Morgan fingerprint density at radius 1 is 1.09 bits per heavy atom. The molecule has 3 aromatic carbocycles. The summed E-state index contributed by atoms with van der Waals surface area (Å²) >= 11 is 0. The summed E-state index contributed by atoms with van der Waals surface area (Å²) in [6, 6.07) is 18.0. The maximum Gasteiger partial charge on any atom is 0.232 e. The molecule has 1 aliphatic heterocycles. The molecule has 4 aromatic rings. The van der Waals surface area contributed by atoms with Crippen LogP contribution in [-0.2, 0) is 16.4 Å². The first-order valence-electron chi connectivity index (χ1n) is 10.8. The molecule has 178 valence electrons. The number of Topliss-reactive ketones (excluding diaryl/α,β-unsaturated/α-hetero) is 1. The normalized spacial score (nSPS) is 13.1. The van der Waals surface area contributed by atoms with Crippen LogP contribution in [0.3, 0.4) is 0 Å². The summed E-state index contributed by atoms with van der Waals surface area (Å²) in [6.07, 6.45) is 1.67. The van der Waals surface area contributed by atoms with Crippen molar-refractivity contribution in [1.82, 2.24) is 0 Å². The highest BCUT2D eigenvalue weighted by Gasteiger charge is 2.26. The highest BCUT2D eigenvalue weighted by Crippen LogP contribution is 2.32. The fraction of sp³-hybridized carbons (Fsp3) is 0.154. The van der Waals surface area contributed by atoms with Gasteiger partial charge in [-0.1, -0.05) is 30.3 Å². The second-order valence-corrected chi connectivity index (χ2v) is 10.2. The molecule has 0 spiro atoms. The number of carbonyl (C=O) groups excluding carboxylic acids is 1. The summed E-state index contributed by atoms with van der Waals surface area (Å²) in [5.41, 5.74) is 2.19. The fourth-order valence-corrected chi connectivity index (χ4v) is 5.15. The van der Waals surface area contributed by atoms with Crippen molar-refractivity contribution in [2.75, 3.05) is 23.7 Å². The predicted octanol–water partition coefficient (Wildman–Crippen LogP) is 3.75. The second kappa shape index (κ2) is 8.59. The largest absolute Gasteiger partial charge is 0.507 e. The molecule has 0 aliphatic carbocycles. The van der Waals surface area contributed by atoms with Crippen molar-refractivity contribution in [3.63, 3.8) is 0 Å². The van der Waals surface area contributed by atoms with Crippen LogP contribution in [0.5, 0.6) is 11.5 Å². The van der Waals surface area contributed by atoms with E-state index < -0.39 is 15.5 Å². The molecule has 9 heteroatoms. The van der Waals surface area contributed by atoms with Gasteiger partial charge in [-0.25, -0.2) is 8.42 Å². The summed E-state index contributed by atoms with van der Waals surface area (Å²) in [7, 11) is -3.37.